The number of pyridine rings is 1. The number of nitrogens with zero attached hydrogens (tertiary/aromatic N) is 1. The first-order valence-corrected chi connectivity index (χ1v) is 6.76. The Hall–Kier alpha value is -2.11. The molecule has 2 aromatic rings. The topological polar surface area (TPSA) is 77.2 Å². The van der Waals surface area contributed by atoms with E-state index in [0.717, 1.165) is 11.1 Å². The van der Waals surface area contributed by atoms with Crippen molar-refractivity contribution < 1.29 is 9.53 Å². The van der Waals surface area contributed by atoms with Crippen LogP contribution in [0.1, 0.15) is 21.5 Å². The molecule has 0 saturated carbocycles. The lowest BCUT2D eigenvalue weighted by Crippen LogP contribution is -2.14. The number of hydrogen-bond acceptors (Lipinski definition) is 4. The maximum absolute atomic E-state index is 11.1. The summed E-state index contributed by atoms with van der Waals surface area (Å²) in [5, 5.41) is 3.79. The molecule has 0 fully saturated rings. The van der Waals surface area contributed by atoms with E-state index in [4.69, 9.17) is 22.1 Å². The highest BCUT2D eigenvalue weighted by Crippen LogP contribution is 2.18. The Labute approximate surface area is 128 Å². The zero-order valence-electron chi connectivity index (χ0n) is 11.6. The zero-order valence-corrected chi connectivity index (χ0v) is 12.4. The lowest BCUT2D eigenvalue weighted by Gasteiger charge is -2.08. The SMILES string of the molecule is COc1cc(CNCc2ccc(C(N)=O)cc2Cl)ccn1. The number of ether oxygens (including phenoxy) is 1. The molecule has 0 aliphatic heterocycles. The molecule has 1 aromatic carbocycles. The number of amides is 1. The fraction of sp³-hybridized carbons (Fsp3) is 0.200. The maximum Gasteiger partial charge on any atom is 0.248 e. The molecule has 2 rings (SSSR count). The van der Waals surface area contributed by atoms with Crippen LogP contribution < -0.4 is 15.8 Å². The van der Waals surface area contributed by atoms with Crippen LogP contribution in [0.3, 0.4) is 0 Å². The Kier molecular flexibility index (Phi) is 5.14. The van der Waals surface area contributed by atoms with E-state index in [1.165, 1.54) is 0 Å². The second-order valence-electron chi connectivity index (χ2n) is 4.48. The number of rotatable bonds is 6. The van der Waals surface area contributed by atoms with Gasteiger partial charge in [-0.3, -0.25) is 4.79 Å². The first-order valence-electron chi connectivity index (χ1n) is 6.38. The van der Waals surface area contributed by atoms with Crippen molar-refractivity contribution in [2.75, 3.05) is 7.11 Å². The highest BCUT2D eigenvalue weighted by atomic mass is 35.5. The van der Waals surface area contributed by atoms with Crippen LogP contribution in [0, 0.1) is 0 Å². The van der Waals surface area contributed by atoms with Gasteiger partial charge >= 0.3 is 0 Å². The summed E-state index contributed by atoms with van der Waals surface area (Å²) in [5.74, 6) is 0.0958. The van der Waals surface area contributed by atoms with E-state index in [1.54, 1.807) is 31.5 Å². The summed E-state index contributed by atoms with van der Waals surface area (Å²) >= 11 is 6.13. The molecule has 21 heavy (non-hydrogen) atoms. The fourth-order valence-electron chi connectivity index (χ4n) is 1.86. The predicted octanol–water partition coefficient (Wildman–Crippen LogP) is 2.13. The molecule has 0 spiro atoms. The van der Waals surface area contributed by atoms with Gasteiger partial charge in [0, 0.05) is 35.9 Å². The second kappa shape index (κ2) is 7.06. The quantitative estimate of drug-likeness (QED) is 0.857. The summed E-state index contributed by atoms with van der Waals surface area (Å²) in [4.78, 5) is 15.1. The van der Waals surface area contributed by atoms with Gasteiger partial charge < -0.3 is 15.8 Å². The fourth-order valence-corrected chi connectivity index (χ4v) is 2.10. The number of carbonyl (C=O) groups is 1. The third-order valence-corrected chi connectivity index (χ3v) is 3.34. The van der Waals surface area contributed by atoms with Gasteiger partial charge in [-0.15, -0.1) is 0 Å². The molecule has 0 aliphatic rings. The third kappa shape index (κ3) is 4.18. The first-order chi connectivity index (χ1) is 10.1. The smallest absolute Gasteiger partial charge is 0.248 e. The van der Waals surface area contributed by atoms with Crippen molar-refractivity contribution in [1.82, 2.24) is 10.3 Å². The molecule has 1 heterocycles. The summed E-state index contributed by atoms with van der Waals surface area (Å²) in [6.07, 6.45) is 1.70. The van der Waals surface area contributed by atoms with E-state index >= 15 is 0 Å². The Morgan fingerprint density at radius 3 is 2.81 bits per heavy atom. The molecule has 110 valence electrons. The van der Waals surface area contributed by atoms with Gasteiger partial charge in [0.25, 0.3) is 0 Å². The van der Waals surface area contributed by atoms with Crippen molar-refractivity contribution >= 4 is 17.5 Å². The summed E-state index contributed by atoms with van der Waals surface area (Å²) in [7, 11) is 1.58. The zero-order chi connectivity index (χ0) is 15.2. The first kappa shape index (κ1) is 15.3. The van der Waals surface area contributed by atoms with Crippen molar-refractivity contribution in [3.63, 3.8) is 0 Å². The van der Waals surface area contributed by atoms with Gasteiger partial charge in [0.15, 0.2) is 0 Å². The van der Waals surface area contributed by atoms with Crippen molar-refractivity contribution in [2.45, 2.75) is 13.1 Å². The van der Waals surface area contributed by atoms with Crippen LogP contribution in [0.4, 0.5) is 0 Å². The van der Waals surface area contributed by atoms with Crippen LogP contribution in [-0.2, 0) is 13.1 Å². The summed E-state index contributed by atoms with van der Waals surface area (Å²) in [6.45, 7) is 1.25. The van der Waals surface area contributed by atoms with E-state index in [0.29, 0.717) is 29.6 Å². The van der Waals surface area contributed by atoms with E-state index < -0.39 is 5.91 Å². The molecule has 0 atom stereocenters. The van der Waals surface area contributed by atoms with Crippen molar-refractivity contribution in [3.8, 4) is 5.88 Å². The number of primary amides is 1. The lowest BCUT2D eigenvalue weighted by molar-refractivity contribution is 0.100. The Balaban J connectivity index is 1.95. The molecule has 0 radical (unpaired) electrons. The molecule has 0 saturated heterocycles. The molecule has 0 bridgehead atoms. The predicted molar refractivity (Wildman–Crippen MR) is 81.3 cm³/mol. The normalized spacial score (nSPS) is 10.4. The molecule has 0 unspecified atom stereocenters. The van der Waals surface area contributed by atoms with Gasteiger partial charge in [-0.2, -0.15) is 0 Å². The Morgan fingerprint density at radius 2 is 2.14 bits per heavy atom. The second-order valence-corrected chi connectivity index (χ2v) is 4.89. The lowest BCUT2D eigenvalue weighted by atomic mass is 10.1. The minimum atomic E-state index is -0.486. The molecule has 1 amide bonds. The van der Waals surface area contributed by atoms with Crippen molar-refractivity contribution in [1.29, 1.82) is 0 Å². The molecular formula is C15H16ClN3O2. The number of halogens is 1. The monoisotopic (exact) mass is 305 g/mol. The number of aromatic nitrogens is 1. The van der Waals surface area contributed by atoms with Gasteiger partial charge in [0.2, 0.25) is 11.8 Å². The number of methoxy groups -OCH3 is 1. The van der Waals surface area contributed by atoms with Gasteiger partial charge in [-0.1, -0.05) is 17.7 Å². The van der Waals surface area contributed by atoms with Crippen LogP contribution in [0.25, 0.3) is 0 Å². The summed E-state index contributed by atoms with van der Waals surface area (Å²) in [6, 6.07) is 8.82. The highest BCUT2D eigenvalue weighted by Gasteiger charge is 2.05. The summed E-state index contributed by atoms with van der Waals surface area (Å²) in [5.41, 5.74) is 7.58. The molecule has 5 nitrogen and oxygen atoms in total. The average Bonchev–Trinajstić information content (AvgIpc) is 2.49. The van der Waals surface area contributed by atoms with E-state index in [9.17, 15) is 4.79 Å². The minimum absolute atomic E-state index is 0.405. The van der Waals surface area contributed by atoms with Gasteiger partial charge in [0.05, 0.1) is 7.11 Å². The van der Waals surface area contributed by atoms with Gasteiger partial charge in [-0.25, -0.2) is 4.98 Å². The van der Waals surface area contributed by atoms with E-state index in [1.807, 2.05) is 12.1 Å². The summed E-state index contributed by atoms with van der Waals surface area (Å²) < 4.78 is 5.07. The number of hydrogen-bond donors (Lipinski definition) is 2. The molecule has 3 N–H and O–H groups in total. The third-order valence-electron chi connectivity index (χ3n) is 2.99. The molecular weight excluding hydrogens is 290 g/mol. The van der Waals surface area contributed by atoms with Gasteiger partial charge in [0.1, 0.15) is 0 Å². The largest absolute Gasteiger partial charge is 0.481 e. The average molecular weight is 306 g/mol. The van der Waals surface area contributed by atoms with Crippen molar-refractivity contribution in [3.05, 3.63) is 58.2 Å². The minimum Gasteiger partial charge on any atom is -0.481 e. The molecule has 0 aliphatic carbocycles. The van der Waals surface area contributed by atoms with Crippen molar-refractivity contribution in [2.24, 2.45) is 5.73 Å². The Morgan fingerprint density at radius 1 is 1.33 bits per heavy atom. The number of nitrogens with two attached hydrogens (primary N) is 1. The standard InChI is InChI=1S/C15H16ClN3O2/c1-21-14-6-10(4-5-19-14)8-18-9-12-3-2-11(15(17)20)7-13(12)16/h2-7,18H,8-9H2,1H3,(H2,17,20). The van der Waals surface area contributed by atoms with E-state index in [-0.39, 0.29) is 0 Å². The van der Waals surface area contributed by atoms with Crippen LogP contribution in [0.5, 0.6) is 5.88 Å². The number of benzene rings is 1. The molecule has 1 aromatic heterocycles. The van der Waals surface area contributed by atoms with Crippen LogP contribution in [-0.4, -0.2) is 18.0 Å². The van der Waals surface area contributed by atoms with Crippen LogP contribution in [0.2, 0.25) is 5.02 Å². The maximum atomic E-state index is 11.1. The molecule has 6 heteroatoms. The van der Waals surface area contributed by atoms with Gasteiger partial charge in [-0.05, 0) is 29.3 Å². The van der Waals surface area contributed by atoms with Crippen LogP contribution in [0.15, 0.2) is 36.5 Å². The number of nitrogens with one attached hydrogen (secondary N) is 1. The highest BCUT2D eigenvalue weighted by molar-refractivity contribution is 6.31. The number of carbonyl (C=O) groups excluding carboxylic acids is 1. The van der Waals surface area contributed by atoms with Crippen LogP contribution >= 0.6 is 11.6 Å². The van der Waals surface area contributed by atoms with E-state index in [2.05, 4.69) is 10.3 Å². The Bertz CT molecular complexity index is 647.